The molecule has 1 saturated heterocycles. The van der Waals surface area contributed by atoms with E-state index in [0.717, 1.165) is 40.8 Å². The molecule has 2 unspecified atom stereocenters. The number of ether oxygens (including phenoxy) is 2. The number of nitrogens with one attached hydrogen (secondary N) is 1. The van der Waals surface area contributed by atoms with Crippen molar-refractivity contribution >= 4 is 5.91 Å². The van der Waals surface area contributed by atoms with Crippen LogP contribution in [0, 0.1) is 13.8 Å². The molecule has 0 radical (unpaired) electrons. The van der Waals surface area contributed by atoms with E-state index < -0.39 is 6.04 Å². The number of fused-ring (bicyclic) bond motifs is 1. The van der Waals surface area contributed by atoms with Crippen molar-refractivity contribution in [3.05, 3.63) is 94.7 Å². The number of H-pyrrole nitrogens is 1. The Balaban J connectivity index is 1.46. The molecule has 1 fully saturated rings. The predicted octanol–water partition coefficient (Wildman–Crippen LogP) is 5.92. The lowest BCUT2D eigenvalue weighted by atomic mass is 9.93. The second-order valence-electron chi connectivity index (χ2n) is 9.82. The number of hydrogen-bond acceptors (Lipinski definition) is 5. The summed E-state index contributed by atoms with van der Waals surface area (Å²) in [6, 6.07) is 20.8. The van der Waals surface area contributed by atoms with Crippen molar-refractivity contribution in [1.29, 1.82) is 0 Å². The van der Waals surface area contributed by atoms with Gasteiger partial charge in [0.1, 0.15) is 28.6 Å². The summed E-state index contributed by atoms with van der Waals surface area (Å²) in [4.78, 5) is 15.6. The number of carbonyl (C=O) groups excluding carboxylic acids is 1. The number of rotatable bonds is 6. The number of phenolic OH excluding ortho intramolecular Hbond substituents is 1. The van der Waals surface area contributed by atoms with E-state index in [2.05, 4.69) is 10.2 Å². The summed E-state index contributed by atoms with van der Waals surface area (Å²) in [5, 5.41) is 18.4. The first kappa shape index (κ1) is 23.3. The molecule has 3 aromatic carbocycles. The number of aromatic amines is 1. The average molecular weight is 496 g/mol. The Morgan fingerprint density at radius 2 is 1.89 bits per heavy atom. The van der Waals surface area contributed by atoms with Gasteiger partial charge in [0.15, 0.2) is 0 Å². The molecule has 1 amide bonds. The van der Waals surface area contributed by atoms with Crippen LogP contribution in [0.15, 0.2) is 66.7 Å². The molecule has 3 heterocycles. The van der Waals surface area contributed by atoms with Crippen molar-refractivity contribution in [2.24, 2.45) is 0 Å². The van der Waals surface area contributed by atoms with E-state index in [1.807, 2.05) is 79.4 Å². The number of aromatic nitrogens is 2. The Bertz CT molecular complexity index is 1430. The first-order chi connectivity index (χ1) is 18.0. The third-order valence-electron chi connectivity index (χ3n) is 7.14. The Morgan fingerprint density at radius 1 is 1.08 bits per heavy atom. The van der Waals surface area contributed by atoms with Crippen LogP contribution in [-0.2, 0) is 4.74 Å². The average Bonchev–Trinajstić information content (AvgIpc) is 3.60. The number of para-hydroxylation sites is 1. The molecule has 2 atom stereocenters. The van der Waals surface area contributed by atoms with Gasteiger partial charge in [-0.1, -0.05) is 36.4 Å². The quantitative estimate of drug-likeness (QED) is 0.347. The van der Waals surface area contributed by atoms with Crippen LogP contribution in [0.4, 0.5) is 0 Å². The number of phenols is 1. The topological polar surface area (TPSA) is 87.7 Å². The lowest BCUT2D eigenvalue weighted by molar-refractivity contribution is 0.0495. The molecule has 6 rings (SSSR count). The molecule has 0 saturated carbocycles. The highest BCUT2D eigenvalue weighted by Gasteiger charge is 2.44. The van der Waals surface area contributed by atoms with Crippen LogP contribution in [0.1, 0.15) is 51.6 Å². The third kappa shape index (κ3) is 4.25. The van der Waals surface area contributed by atoms with E-state index in [1.165, 1.54) is 0 Å². The highest BCUT2D eigenvalue weighted by atomic mass is 16.5. The van der Waals surface area contributed by atoms with Crippen molar-refractivity contribution in [2.75, 3.05) is 13.2 Å². The number of aromatic hydroxyl groups is 1. The fraction of sp³-hybridized carbons (Fsp3) is 0.267. The van der Waals surface area contributed by atoms with Gasteiger partial charge in [-0.25, -0.2) is 0 Å². The lowest BCUT2D eigenvalue weighted by Crippen LogP contribution is -2.36. The van der Waals surface area contributed by atoms with Crippen LogP contribution < -0.4 is 4.74 Å². The first-order valence-electron chi connectivity index (χ1n) is 12.6. The fourth-order valence-corrected chi connectivity index (χ4v) is 5.56. The molecule has 2 aliphatic rings. The Morgan fingerprint density at radius 3 is 2.65 bits per heavy atom. The van der Waals surface area contributed by atoms with Gasteiger partial charge < -0.3 is 19.5 Å². The maximum atomic E-state index is 13.7. The van der Waals surface area contributed by atoms with Gasteiger partial charge in [0.2, 0.25) is 0 Å². The van der Waals surface area contributed by atoms with Gasteiger partial charge in [-0.05, 0) is 73.7 Å². The number of hydrogen-bond donors (Lipinski definition) is 2. The molecular formula is C30H29N3O4. The number of aryl methyl sites for hydroxylation is 2. The Kier molecular flexibility index (Phi) is 5.93. The third-order valence-corrected chi connectivity index (χ3v) is 7.14. The molecule has 37 heavy (non-hydrogen) atoms. The zero-order chi connectivity index (χ0) is 25.5. The molecule has 0 spiro atoms. The van der Waals surface area contributed by atoms with Crippen molar-refractivity contribution in [3.8, 4) is 28.5 Å². The van der Waals surface area contributed by atoms with Crippen molar-refractivity contribution in [2.45, 2.75) is 38.8 Å². The van der Waals surface area contributed by atoms with Gasteiger partial charge in [-0.2, -0.15) is 5.10 Å². The highest BCUT2D eigenvalue weighted by Crippen LogP contribution is 2.46. The predicted molar refractivity (Wildman–Crippen MR) is 140 cm³/mol. The van der Waals surface area contributed by atoms with Crippen LogP contribution >= 0.6 is 0 Å². The zero-order valence-corrected chi connectivity index (χ0v) is 20.9. The van der Waals surface area contributed by atoms with E-state index in [-0.39, 0.29) is 17.8 Å². The Hall–Kier alpha value is -4.10. The van der Waals surface area contributed by atoms with E-state index in [1.54, 1.807) is 6.07 Å². The van der Waals surface area contributed by atoms with Gasteiger partial charge in [0, 0.05) is 24.3 Å². The summed E-state index contributed by atoms with van der Waals surface area (Å²) in [6.45, 7) is 5.09. The smallest absolute Gasteiger partial charge is 0.273 e. The van der Waals surface area contributed by atoms with Crippen molar-refractivity contribution < 1.29 is 19.4 Å². The normalized spacial score (nSPS) is 18.9. The summed E-state index contributed by atoms with van der Waals surface area (Å²) < 4.78 is 12.0. The van der Waals surface area contributed by atoms with Gasteiger partial charge >= 0.3 is 0 Å². The summed E-state index contributed by atoms with van der Waals surface area (Å²) in [5.74, 6) is 1.45. The van der Waals surface area contributed by atoms with E-state index in [4.69, 9.17) is 9.47 Å². The van der Waals surface area contributed by atoms with E-state index in [9.17, 15) is 9.90 Å². The number of benzene rings is 3. The molecule has 7 nitrogen and oxygen atoms in total. The van der Waals surface area contributed by atoms with E-state index in [0.29, 0.717) is 35.9 Å². The largest absolute Gasteiger partial charge is 0.507 e. The lowest BCUT2D eigenvalue weighted by Gasteiger charge is -2.29. The monoisotopic (exact) mass is 495 g/mol. The first-order valence-corrected chi connectivity index (χ1v) is 12.6. The minimum absolute atomic E-state index is 0.00914. The SMILES string of the molecule is Cc1cc(C)c(-c2n[nH]c3c2C(c2cccc(Oc4ccccc4)c2)N(CC2CCCO2)C3=O)c(O)c1. The molecule has 7 heteroatoms. The maximum absolute atomic E-state index is 13.7. The zero-order valence-electron chi connectivity index (χ0n) is 20.9. The molecule has 2 N–H and O–H groups in total. The standard InChI is InChI=1S/C30H29N3O4/c1-18-14-19(2)25(24(34)15-18)27-26-28(32-31-27)30(35)33(17-23-12-7-13-36-23)29(26)20-8-6-11-22(16-20)37-21-9-4-3-5-10-21/h3-6,8-11,14-16,23,29,34H,7,12-13,17H2,1-2H3,(H,31,32). The molecular weight excluding hydrogens is 466 g/mol. The summed E-state index contributed by atoms with van der Waals surface area (Å²) >= 11 is 0. The van der Waals surface area contributed by atoms with Crippen LogP contribution in [0.5, 0.6) is 17.2 Å². The van der Waals surface area contributed by atoms with Crippen LogP contribution in [0.3, 0.4) is 0 Å². The van der Waals surface area contributed by atoms with Gasteiger partial charge in [0.25, 0.3) is 5.91 Å². The summed E-state index contributed by atoms with van der Waals surface area (Å²) in [6.07, 6.45) is 1.90. The second-order valence-corrected chi connectivity index (χ2v) is 9.82. The minimum atomic E-state index is -0.403. The fourth-order valence-electron chi connectivity index (χ4n) is 5.56. The van der Waals surface area contributed by atoms with Crippen molar-refractivity contribution in [1.82, 2.24) is 15.1 Å². The summed E-state index contributed by atoms with van der Waals surface area (Å²) in [5.41, 5.74) is 5.21. The molecule has 2 aliphatic heterocycles. The number of nitrogens with zero attached hydrogens (tertiary/aromatic N) is 2. The number of carbonyl (C=O) groups is 1. The minimum Gasteiger partial charge on any atom is -0.507 e. The second kappa shape index (κ2) is 9.41. The molecule has 0 aliphatic carbocycles. The number of amides is 1. The molecule has 1 aromatic heterocycles. The van der Waals surface area contributed by atoms with E-state index >= 15 is 0 Å². The maximum Gasteiger partial charge on any atom is 0.273 e. The van der Waals surface area contributed by atoms with Crippen molar-refractivity contribution in [3.63, 3.8) is 0 Å². The van der Waals surface area contributed by atoms with Gasteiger partial charge in [-0.3, -0.25) is 9.89 Å². The van der Waals surface area contributed by atoms with Crippen LogP contribution in [-0.4, -0.2) is 45.4 Å². The molecule has 188 valence electrons. The van der Waals surface area contributed by atoms with Crippen LogP contribution in [0.25, 0.3) is 11.3 Å². The van der Waals surface area contributed by atoms with Crippen LogP contribution in [0.2, 0.25) is 0 Å². The molecule has 0 bridgehead atoms. The van der Waals surface area contributed by atoms with Gasteiger partial charge in [0.05, 0.1) is 12.1 Å². The Labute approximate surface area is 215 Å². The van der Waals surface area contributed by atoms with Gasteiger partial charge in [-0.15, -0.1) is 0 Å². The summed E-state index contributed by atoms with van der Waals surface area (Å²) in [7, 11) is 0. The highest BCUT2D eigenvalue weighted by molar-refractivity contribution is 6.00. The molecule has 4 aromatic rings.